The van der Waals surface area contributed by atoms with Crippen LogP contribution in [0.1, 0.15) is 29.8 Å². The highest BCUT2D eigenvalue weighted by Crippen LogP contribution is 2.32. The molecule has 22 heavy (non-hydrogen) atoms. The van der Waals surface area contributed by atoms with Crippen LogP contribution in [0.15, 0.2) is 54.6 Å². The summed E-state index contributed by atoms with van der Waals surface area (Å²) in [6.45, 7) is 4.45. The molecule has 3 nitrogen and oxygen atoms in total. The van der Waals surface area contributed by atoms with Gasteiger partial charge in [-0.3, -0.25) is 4.98 Å². The Bertz CT molecular complexity index is 782. The second-order valence-corrected chi connectivity index (χ2v) is 5.52. The predicted molar refractivity (Wildman–Crippen MR) is 90.9 cm³/mol. The van der Waals surface area contributed by atoms with Gasteiger partial charge in [-0.05, 0) is 25.5 Å². The van der Waals surface area contributed by atoms with Crippen LogP contribution in [0.3, 0.4) is 0 Å². The quantitative estimate of drug-likeness (QED) is 0.757. The van der Waals surface area contributed by atoms with Gasteiger partial charge in [-0.1, -0.05) is 48.5 Å². The Balaban J connectivity index is 2.07. The number of aliphatic hydroxyl groups is 1. The summed E-state index contributed by atoms with van der Waals surface area (Å²) in [5.41, 5.74) is 4.86. The molecule has 0 radical (unpaired) electrons. The largest absolute Gasteiger partial charge is 0.389 e. The van der Waals surface area contributed by atoms with Gasteiger partial charge in [-0.15, -0.1) is 0 Å². The van der Waals surface area contributed by atoms with Crippen molar-refractivity contribution < 1.29 is 5.11 Å². The third kappa shape index (κ3) is 2.81. The highest BCUT2D eigenvalue weighted by atomic mass is 16.3. The van der Waals surface area contributed by atoms with Crippen LogP contribution in [0.2, 0.25) is 0 Å². The van der Waals surface area contributed by atoms with Gasteiger partial charge in [-0.25, -0.2) is 0 Å². The van der Waals surface area contributed by atoms with Gasteiger partial charge in [0.2, 0.25) is 0 Å². The van der Waals surface area contributed by atoms with E-state index >= 15 is 0 Å². The van der Waals surface area contributed by atoms with Crippen molar-refractivity contribution in [3.63, 3.8) is 0 Å². The number of pyridine rings is 1. The number of nitrogens with zero attached hydrogens (tertiary/aromatic N) is 1. The van der Waals surface area contributed by atoms with Gasteiger partial charge < -0.3 is 10.4 Å². The zero-order valence-electron chi connectivity index (χ0n) is 12.9. The van der Waals surface area contributed by atoms with Crippen LogP contribution in [0.25, 0.3) is 10.9 Å². The van der Waals surface area contributed by atoms with Crippen molar-refractivity contribution in [1.29, 1.82) is 0 Å². The monoisotopic (exact) mass is 292 g/mol. The van der Waals surface area contributed by atoms with Crippen LogP contribution in [0, 0.1) is 6.92 Å². The van der Waals surface area contributed by atoms with Crippen molar-refractivity contribution in [2.75, 3.05) is 5.32 Å². The lowest BCUT2D eigenvalue weighted by Gasteiger charge is -2.19. The van der Waals surface area contributed by atoms with Crippen LogP contribution in [-0.2, 0) is 6.54 Å². The number of aryl methyl sites for hydroxylation is 1. The van der Waals surface area contributed by atoms with Gasteiger partial charge in [0.25, 0.3) is 0 Å². The molecule has 0 saturated heterocycles. The first kappa shape index (κ1) is 14.5. The van der Waals surface area contributed by atoms with E-state index in [1.807, 2.05) is 49.4 Å². The average Bonchev–Trinajstić information content (AvgIpc) is 2.52. The molecule has 0 spiro atoms. The molecule has 0 fully saturated rings. The van der Waals surface area contributed by atoms with Crippen molar-refractivity contribution in [2.24, 2.45) is 0 Å². The maximum atomic E-state index is 10.2. The molecular formula is C19H20N2O. The number of aliphatic hydroxyl groups excluding tert-OH is 1. The van der Waals surface area contributed by atoms with E-state index in [9.17, 15) is 5.11 Å². The van der Waals surface area contributed by atoms with Crippen LogP contribution < -0.4 is 5.32 Å². The predicted octanol–water partition coefficient (Wildman–Crippen LogP) is 4.21. The first-order valence-electron chi connectivity index (χ1n) is 7.52. The van der Waals surface area contributed by atoms with E-state index in [1.165, 1.54) is 5.56 Å². The number of hydrogen-bond donors (Lipinski definition) is 2. The molecule has 2 aromatic carbocycles. The number of anilines is 1. The van der Waals surface area contributed by atoms with Crippen LogP contribution in [0.4, 0.5) is 5.69 Å². The van der Waals surface area contributed by atoms with Gasteiger partial charge in [0.05, 0.1) is 17.3 Å². The Labute approximate surface area is 130 Å². The second kappa shape index (κ2) is 6.16. The van der Waals surface area contributed by atoms with Gasteiger partial charge in [0.15, 0.2) is 0 Å². The standard InChI is InChI=1S/C19H20N2O/c1-13-18(14(2)22)19(16-10-6-7-11-17(16)21-13)20-12-15-8-4-3-5-9-15/h3-11,14,22H,12H2,1-2H3,(H,20,21). The molecule has 1 atom stereocenters. The smallest absolute Gasteiger partial charge is 0.0800 e. The minimum absolute atomic E-state index is 0.560. The van der Waals surface area contributed by atoms with E-state index in [4.69, 9.17) is 0 Å². The van der Waals surface area contributed by atoms with E-state index in [0.29, 0.717) is 6.54 Å². The minimum atomic E-state index is -0.560. The van der Waals surface area contributed by atoms with Gasteiger partial charge in [-0.2, -0.15) is 0 Å². The Kier molecular flexibility index (Phi) is 4.07. The Hall–Kier alpha value is -2.39. The molecule has 3 rings (SSSR count). The Morgan fingerprint density at radius 3 is 2.45 bits per heavy atom. The molecule has 1 heterocycles. The van der Waals surface area contributed by atoms with Crippen molar-refractivity contribution >= 4 is 16.6 Å². The summed E-state index contributed by atoms with van der Waals surface area (Å²) >= 11 is 0. The molecule has 1 aromatic heterocycles. The summed E-state index contributed by atoms with van der Waals surface area (Å²) in [5.74, 6) is 0. The van der Waals surface area contributed by atoms with Crippen LogP contribution in [0.5, 0.6) is 0 Å². The minimum Gasteiger partial charge on any atom is -0.389 e. The third-order valence-corrected chi connectivity index (χ3v) is 3.85. The lowest BCUT2D eigenvalue weighted by atomic mass is 10.0. The molecule has 0 aliphatic heterocycles. The van der Waals surface area contributed by atoms with E-state index in [2.05, 4.69) is 22.4 Å². The second-order valence-electron chi connectivity index (χ2n) is 5.52. The number of aromatic nitrogens is 1. The molecule has 0 amide bonds. The molecule has 3 aromatic rings. The first-order chi connectivity index (χ1) is 10.7. The number of benzene rings is 2. The van der Waals surface area contributed by atoms with Gasteiger partial charge in [0, 0.05) is 23.2 Å². The molecular weight excluding hydrogens is 272 g/mol. The summed E-state index contributed by atoms with van der Waals surface area (Å²) in [4.78, 5) is 4.61. The van der Waals surface area contributed by atoms with E-state index in [0.717, 1.165) is 27.8 Å². The number of para-hydroxylation sites is 1. The maximum absolute atomic E-state index is 10.2. The number of nitrogens with one attached hydrogen (secondary N) is 1. The van der Waals surface area contributed by atoms with E-state index < -0.39 is 6.10 Å². The first-order valence-corrected chi connectivity index (χ1v) is 7.52. The van der Waals surface area contributed by atoms with Crippen LogP contribution >= 0.6 is 0 Å². The van der Waals surface area contributed by atoms with Gasteiger partial charge >= 0.3 is 0 Å². The molecule has 2 N–H and O–H groups in total. The van der Waals surface area contributed by atoms with Gasteiger partial charge in [0.1, 0.15) is 0 Å². The van der Waals surface area contributed by atoms with E-state index in [-0.39, 0.29) is 0 Å². The summed E-state index contributed by atoms with van der Waals surface area (Å²) in [5, 5.41) is 14.7. The molecule has 3 heteroatoms. The zero-order chi connectivity index (χ0) is 15.5. The van der Waals surface area contributed by atoms with Crippen LogP contribution in [-0.4, -0.2) is 10.1 Å². The normalized spacial score (nSPS) is 12.3. The number of hydrogen-bond acceptors (Lipinski definition) is 3. The summed E-state index contributed by atoms with van der Waals surface area (Å²) < 4.78 is 0. The molecule has 0 saturated carbocycles. The highest BCUT2D eigenvalue weighted by molar-refractivity contribution is 5.93. The topological polar surface area (TPSA) is 45.2 Å². The average molecular weight is 292 g/mol. The van der Waals surface area contributed by atoms with Crippen molar-refractivity contribution in [3.8, 4) is 0 Å². The summed E-state index contributed by atoms with van der Waals surface area (Å²) in [6, 6.07) is 18.3. The number of fused-ring (bicyclic) bond motifs is 1. The summed E-state index contributed by atoms with van der Waals surface area (Å²) in [7, 11) is 0. The molecule has 112 valence electrons. The fraction of sp³-hybridized carbons (Fsp3) is 0.211. The fourth-order valence-electron chi connectivity index (χ4n) is 2.84. The molecule has 0 bridgehead atoms. The number of rotatable bonds is 4. The van der Waals surface area contributed by atoms with E-state index in [1.54, 1.807) is 6.92 Å². The maximum Gasteiger partial charge on any atom is 0.0800 e. The SMILES string of the molecule is Cc1nc2ccccc2c(NCc2ccccc2)c1C(C)O. The van der Waals surface area contributed by atoms with Crippen molar-refractivity contribution in [2.45, 2.75) is 26.5 Å². The highest BCUT2D eigenvalue weighted by Gasteiger charge is 2.16. The fourth-order valence-corrected chi connectivity index (χ4v) is 2.84. The molecule has 1 unspecified atom stereocenters. The zero-order valence-corrected chi connectivity index (χ0v) is 12.9. The van der Waals surface area contributed by atoms with Crippen molar-refractivity contribution in [1.82, 2.24) is 4.98 Å². The third-order valence-electron chi connectivity index (χ3n) is 3.85. The molecule has 0 aliphatic carbocycles. The molecule has 0 aliphatic rings. The lowest BCUT2D eigenvalue weighted by Crippen LogP contribution is -2.08. The lowest BCUT2D eigenvalue weighted by molar-refractivity contribution is 0.199. The summed E-state index contributed by atoms with van der Waals surface area (Å²) in [6.07, 6.45) is -0.560. The van der Waals surface area contributed by atoms with Crippen molar-refractivity contribution in [3.05, 3.63) is 71.4 Å². The Morgan fingerprint density at radius 1 is 1.05 bits per heavy atom. The Morgan fingerprint density at radius 2 is 1.73 bits per heavy atom.